The number of rotatable bonds is 3. The standard InChI is InChI=1S/C22H28N2O3/c25-20(24-4-6-27-7-5-24)18-2-1-3-19(11-18)23-21(26)22-12-15-8-16(13-22)10-17(9-15)14-22/h1-3,11,15-17H,4-10,12-14H2,(H,23,26). The quantitative estimate of drug-likeness (QED) is 0.890. The van der Waals surface area contributed by atoms with Crippen LogP contribution in [0.5, 0.6) is 0 Å². The Bertz CT molecular complexity index is 718. The number of carbonyl (C=O) groups excluding carboxylic acids is 2. The van der Waals surface area contributed by atoms with Crippen molar-refractivity contribution in [1.29, 1.82) is 0 Å². The van der Waals surface area contributed by atoms with Crippen molar-refractivity contribution in [3.8, 4) is 0 Å². The molecular weight excluding hydrogens is 340 g/mol. The Kier molecular flexibility index (Phi) is 4.23. The Hall–Kier alpha value is -1.88. The van der Waals surface area contributed by atoms with Gasteiger partial charge in [-0.15, -0.1) is 0 Å². The summed E-state index contributed by atoms with van der Waals surface area (Å²) >= 11 is 0. The van der Waals surface area contributed by atoms with Crippen LogP contribution in [-0.4, -0.2) is 43.0 Å². The highest BCUT2D eigenvalue weighted by Crippen LogP contribution is 2.60. The van der Waals surface area contributed by atoms with Crippen molar-refractivity contribution in [2.24, 2.45) is 23.2 Å². The number of carbonyl (C=O) groups is 2. The van der Waals surface area contributed by atoms with Crippen LogP contribution in [0.1, 0.15) is 48.9 Å². The number of hydrogen-bond donors (Lipinski definition) is 1. The number of hydrogen-bond acceptors (Lipinski definition) is 3. The first kappa shape index (κ1) is 17.2. The van der Waals surface area contributed by atoms with Gasteiger partial charge in [0.2, 0.25) is 5.91 Å². The fourth-order valence-electron chi connectivity index (χ4n) is 6.33. The lowest BCUT2D eigenvalue weighted by Gasteiger charge is -2.55. The number of ether oxygens (including phenoxy) is 1. The van der Waals surface area contributed by atoms with E-state index in [1.807, 2.05) is 29.2 Å². The molecule has 5 heteroatoms. The van der Waals surface area contributed by atoms with Gasteiger partial charge in [-0.2, -0.15) is 0 Å². The molecule has 1 saturated heterocycles. The minimum absolute atomic E-state index is 0.0178. The second kappa shape index (κ2) is 6.62. The van der Waals surface area contributed by atoms with E-state index in [2.05, 4.69) is 5.32 Å². The van der Waals surface area contributed by atoms with Gasteiger partial charge >= 0.3 is 0 Å². The van der Waals surface area contributed by atoms with Gasteiger partial charge in [-0.1, -0.05) is 6.07 Å². The van der Waals surface area contributed by atoms with Crippen LogP contribution in [0, 0.1) is 23.2 Å². The molecule has 5 fully saturated rings. The van der Waals surface area contributed by atoms with E-state index >= 15 is 0 Å². The summed E-state index contributed by atoms with van der Waals surface area (Å²) in [5.74, 6) is 2.44. The van der Waals surface area contributed by atoms with E-state index in [4.69, 9.17) is 4.74 Å². The summed E-state index contributed by atoms with van der Waals surface area (Å²) in [7, 11) is 0. The van der Waals surface area contributed by atoms with Crippen molar-refractivity contribution in [3.05, 3.63) is 29.8 Å². The molecule has 1 N–H and O–H groups in total. The summed E-state index contributed by atoms with van der Waals surface area (Å²) in [6, 6.07) is 7.42. The van der Waals surface area contributed by atoms with Crippen molar-refractivity contribution in [3.63, 3.8) is 0 Å². The summed E-state index contributed by atoms with van der Waals surface area (Å²) in [5, 5.41) is 3.16. The van der Waals surface area contributed by atoms with Crippen LogP contribution >= 0.6 is 0 Å². The van der Waals surface area contributed by atoms with Gasteiger partial charge in [-0.25, -0.2) is 0 Å². The molecule has 0 radical (unpaired) electrons. The maximum Gasteiger partial charge on any atom is 0.254 e. The van der Waals surface area contributed by atoms with Crippen molar-refractivity contribution in [2.45, 2.75) is 38.5 Å². The first-order chi connectivity index (χ1) is 13.1. The van der Waals surface area contributed by atoms with Gasteiger partial charge in [-0.3, -0.25) is 9.59 Å². The SMILES string of the molecule is O=C(c1cccc(NC(=O)C23CC4CC(CC(C4)C2)C3)c1)N1CCOCC1. The summed E-state index contributed by atoms with van der Waals surface area (Å²) < 4.78 is 5.33. The third kappa shape index (κ3) is 3.16. The van der Waals surface area contributed by atoms with Gasteiger partial charge in [0.1, 0.15) is 0 Å². The van der Waals surface area contributed by atoms with E-state index in [9.17, 15) is 9.59 Å². The number of benzene rings is 1. The third-order valence-corrected chi connectivity index (χ3v) is 7.19. The monoisotopic (exact) mass is 368 g/mol. The molecule has 4 saturated carbocycles. The Morgan fingerprint density at radius 2 is 1.63 bits per heavy atom. The summed E-state index contributed by atoms with van der Waals surface area (Å²) in [6.07, 6.45) is 7.15. The summed E-state index contributed by atoms with van der Waals surface area (Å²) in [4.78, 5) is 27.8. The molecular formula is C22H28N2O3. The van der Waals surface area contributed by atoms with Crippen LogP contribution in [0.4, 0.5) is 5.69 Å². The molecule has 5 nitrogen and oxygen atoms in total. The van der Waals surface area contributed by atoms with Crippen LogP contribution in [0.25, 0.3) is 0 Å². The Morgan fingerprint density at radius 1 is 1.00 bits per heavy atom. The molecule has 0 spiro atoms. The number of nitrogens with one attached hydrogen (secondary N) is 1. The number of amides is 2. The summed E-state index contributed by atoms with van der Waals surface area (Å²) in [6.45, 7) is 2.44. The van der Waals surface area contributed by atoms with Gasteiger partial charge in [-0.05, 0) is 74.5 Å². The number of nitrogens with zero attached hydrogens (tertiary/aromatic N) is 1. The molecule has 27 heavy (non-hydrogen) atoms. The van der Waals surface area contributed by atoms with Gasteiger partial charge in [0.05, 0.1) is 18.6 Å². The molecule has 2 amide bonds. The maximum absolute atomic E-state index is 13.2. The molecule has 1 aromatic rings. The molecule has 0 atom stereocenters. The average Bonchev–Trinajstić information content (AvgIpc) is 2.67. The zero-order valence-corrected chi connectivity index (χ0v) is 15.8. The first-order valence-corrected chi connectivity index (χ1v) is 10.4. The predicted octanol–water partition coefficient (Wildman–Crippen LogP) is 3.31. The molecule has 144 valence electrons. The smallest absolute Gasteiger partial charge is 0.254 e. The lowest BCUT2D eigenvalue weighted by molar-refractivity contribution is -0.140. The fraction of sp³-hybridized carbons (Fsp3) is 0.636. The Morgan fingerprint density at radius 3 is 2.26 bits per heavy atom. The normalized spacial score (nSPS) is 34.5. The largest absolute Gasteiger partial charge is 0.378 e. The minimum atomic E-state index is -0.168. The lowest BCUT2D eigenvalue weighted by atomic mass is 9.49. The van der Waals surface area contributed by atoms with Gasteiger partial charge in [0.25, 0.3) is 5.91 Å². The van der Waals surface area contributed by atoms with Crippen LogP contribution in [-0.2, 0) is 9.53 Å². The highest BCUT2D eigenvalue weighted by molar-refractivity contribution is 5.99. The summed E-state index contributed by atoms with van der Waals surface area (Å²) in [5.41, 5.74) is 1.22. The molecule has 0 unspecified atom stereocenters. The second-order valence-electron chi connectivity index (χ2n) is 9.14. The second-order valence-corrected chi connectivity index (χ2v) is 9.14. The molecule has 0 aromatic heterocycles. The first-order valence-electron chi connectivity index (χ1n) is 10.4. The topological polar surface area (TPSA) is 58.6 Å². The fourth-order valence-corrected chi connectivity index (χ4v) is 6.33. The van der Waals surface area contributed by atoms with E-state index in [1.165, 1.54) is 19.3 Å². The lowest BCUT2D eigenvalue weighted by Crippen LogP contribution is -2.51. The molecule has 6 rings (SSSR count). The van der Waals surface area contributed by atoms with Crippen LogP contribution in [0.3, 0.4) is 0 Å². The van der Waals surface area contributed by atoms with E-state index in [1.54, 1.807) is 0 Å². The van der Waals surface area contributed by atoms with Crippen molar-refractivity contribution in [1.82, 2.24) is 4.90 Å². The van der Waals surface area contributed by atoms with Crippen molar-refractivity contribution >= 4 is 17.5 Å². The minimum Gasteiger partial charge on any atom is -0.378 e. The van der Waals surface area contributed by atoms with E-state index in [0.29, 0.717) is 31.9 Å². The van der Waals surface area contributed by atoms with Crippen LogP contribution in [0.2, 0.25) is 0 Å². The Labute approximate surface area is 160 Å². The van der Waals surface area contributed by atoms with E-state index in [0.717, 1.165) is 42.7 Å². The van der Waals surface area contributed by atoms with Crippen LogP contribution < -0.4 is 5.32 Å². The zero-order valence-electron chi connectivity index (χ0n) is 15.8. The van der Waals surface area contributed by atoms with Crippen molar-refractivity contribution < 1.29 is 14.3 Å². The predicted molar refractivity (Wildman–Crippen MR) is 102 cm³/mol. The van der Waals surface area contributed by atoms with Gasteiger partial charge in [0, 0.05) is 24.3 Å². The molecule has 4 bridgehead atoms. The Balaban J connectivity index is 1.31. The third-order valence-electron chi connectivity index (χ3n) is 7.19. The molecule has 1 heterocycles. The van der Waals surface area contributed by atoms with E-state index < -0.39 is 0 Å². The molecule has 5 aliphatic rings. The highest BCUT2D eigenvalue weighted by Gasteiger charge is 2.54. The van der Waals surface area contributed by atoms with Crippen LogP contribution in [0.15, 0.2) is 24.3 Å². The number of morpholine rings is 1. The molecule has 1 aliphatic heterocycles. The van der Waals surface area contributed by atoms with Crippen molar-refractivity contribution in [2.75, 3.05) is 31.6 Å². The molecule has 1 aromatic carbocycles. The van der Waals surface area contributed by atoms with Gasteiger partial charge < -0.3 is 15.0 Å². The molecule has 4 aliphatic carbocycles. The number of anilines is 1. The highest BCUT2D eigenvalue weighted by atomic mass is 16.5. The zero-order chi connectivity index (χ0) is 18.4. The van der Waals surface area contributed by atoms with Gasteiger partial charge in [0.15, 0.2) is 0 Å². The average molecular weight is 368 g/mol. The maximum atomic E-state index is 13.2. The van der Waals surface area contributed by atoms with E-state index in [-0.39, 0.29) is 17.2 Å².